The van der Waals surface area contributed by atoms with Crippen molar-refractivity contribution in [2.45, 2.75) is 12.7 Å². The van der Waals surface area contributed by atoms with Crippen LogP contribution in [0.4, 0.5) is 23.2 Å². The number of hydrogen-bond donors (Lipinski definition) is 1. The molecule has 1 heterocycles. The summed E-state index contributed by atoms with van der Waals surface area (Å²) < 4.78 is 52.4. The molecular weight excluding hydrogens is 288 g/mol. The summed E-state index contributed by atoms with van der Waals surface area (Å²) in [6.07, 6.45) is -4.61. The van der Waals surface area contributed by atoms with E-state index in [0.29, 0.717) is 4.57 Å². The average molecular weight is 300 g/mol. The minimum absolute atomic E-state index is 0.00602. The molecule has 0 aliphatic heterocycles. The minimum atomic E-state index is -4.61. The predicted octanol–water partition coefficient (Wildman–Crippen LogP) is 3.12. The number of rotatable bonds is 4. The summed E-state index contributed by atoms with van der Waals surface area (Å²) in [5.41, 5.74) is -1.60. The van der Waals surface area contributed by atoms with E-state index in [9.17, 15) is 22.4 Å². The van der Waals surface area contributed by atoms with Gasteiger partial charge in [-0.15, -0.1) is 0 Å². The zero-order valence-electron chi connectivity index (χ0n) is 10.8. The Morgan fingerprint density at radius 3 is 2.43 bits per heavy atom. The molecule has 2 rings (SSSR count). The van der Waals surface area contributed by atoms with Gasteiger partial charge in [-0.3, -0.25) is 4.79 Å². The first-order chi connectivity index (χ1) is 9.89. The topological polar surface area (TPSA) is 34.0 Å². The van der Waals surface area contributed by atoms with Crippen LogP contribution in [0.5, 0.6) is 0 Å². The first-order valence-electron chi connectivity index (χ1n) is 6.15. The average Bonchev–Trinajstić information content (AvgIpc) is 2.41. The van der Waals surface area contributed by atoms with Crippen molar-refractivity contribution < 1.29 is 17.6 Å². The van der Waals surface area contributed by atoms with Gasteiger partial charge in [0.25, 0.3) is 5.56 Å². The van der Waals surface area contributed by atoms with E-state index in [1.165, 1.54) is 18.2 Å². The summed E-state index contributed by atoms with van der Waals surface area (Å²) in [5, 5.41) is 2.67. The van der Waals surface area contributed by atoms with Crippen LogP contribution in [0.25, 0.3) is 0 Å². The van der Waals surface area contributed by atoms with E-state index >= 15 is 0 Å². The first kappa shape index (κ1) is 15.1. The van der Waals surface area contributed by atoms with E-state index in [2.05, 4.69) is 5.32 Å². The van der Waals surface area contributed by atoms with Crippen LogP contribution in [0.3, 0.4) is 0 Å². The van der Waals surface area contributed by atoms with Crippen molar-refractivity contribution in [1.82, 2.24) is 4.57 Å². The molecule has 1 aromatic heterocycles. The first-order valence-corrected chi connectivity index (χ1v) is 6.15. The number of nitrogens with zero attached hydrogens (tertiary/aromatic N) is 1. The highest BCUT2D eigenvalue weighted by Gasteiger charge is 2.33. The summed E-state index contributed by atoms with van der Waals surface area (Å²) in [6, 6.07) is 8.76. The Morgan fingerprint density at radius 2 is 1.76 bits per heavy atom. The molecule has 0 fully saturated rings. The van der Waals surface area contributed by atoms with Gasteiger partial charge in [0, 0.05) is 19.2 Å². The highest BCUT2D eigenvalue weighted by molar-refractivity contribution is 5.44. The second kappa shape index (κ2) is 5.99. The second-order valence-corrected chi connectivity index (χ2v) is 4.31. The lowest BCUT2D eigenvalue weighted by Gasteiger charge is -2.15. The highest BCUT2D eigenvalue weighted by atomic mass is 19.4. The normalized spacial score (nSPS) is 11.4. The number of alkyl halides is 3. The third-order valence-corrected chi connectivity index (χ3v) is 2.86. The smallest absolute Gasteiger partial charge is 0.381 e. The summed E-state index contributed by atoms with van der Waals surface area (Å²) in [7, 11) is 0. The Morgan fingerprint density at radius 1 is 1.05 bits per heavy atom. The summed E-state index contributed by atoms with van der Waals surface area (Å²) in [5.74, 6) is -0.506. The van der Waals surface area contributed by atoms with Crippen molar-refractivity contribution in [2.75, 3.05) is 11.9 Å². The molecule has 0 aliphatic carbocycles. The Hall–Kier alpha value is -2.31. The number of halogens is 4. The van der Waals surface area contributed by atoms with Crippen LogP contribution >= 0.6 is 0 Å². The van der Waals surface area contributed by atoms with E-state index in [0.717, 1.165) is 18.2 Å². The largest absolute Gasteiger partial charge is 0.431 e. The van der Waals surface area contributed by atoms with Gasteiger partial charge in [-0.1, -0.05) is 18.2 Å². The lowest BCUT2D eigenvalue weighted by molar-refractivity contribution is -0.144. The third kappa shape index (κ3) is 3.62. The van der Waals surface area contributed by atoms with Crippen LogP contribution in [0, 0.1) is 5.82 Å². The fourth-order valence-corrected chi connectivity index (χ4v) is 1.91. The van der Waals surface area contributed by atoms with Crippen LogP contribution in [-0.2, 0) is 12.7 Å². The number of pyridine rings is 1. The van der Waals surface area contributed by atoms with Gasteiger partial charge in [-0.2, -0.15) is 13.2 Å². The zero-order chi connectivity index (χ0) is 15.5. The lowest BCUT2D eigenvalue weighted by atomic mass is 10.3. The Kier molecular flexibility index (Phi) is 4.30. The fraction of sp³-hybridized carbons (Fsp3) is 0.214. The van der Waals surface area contributed by atoms with Crippen LogP contribution in [0.1, 0.15) is 5.69 Å². The Bertz CT molecular complexity index is 679. The maximum Gasteiger partial charge on any atom is 0.431 e. The molecule has 0 aliphatic rings. The van der Waals surface area contributed by atoms with E-state index < -0.39 is 23.2 Å². The second-order valence-electron chi connectivity index (χ2n) is 4.31. The van der Waals surface area contributed by atoms with Crippen LogP contribution < -0.4 is 10.9 Å². The van der Waals surface area contributed by atoms with Crippen molar-refractivity contribution in [3.63, 3.8) is 0 Å². The number of anilines is 1. The van der Waals surface area contributed by atoms with Gasteiger partial charge in [0.05, 0.1) is 5.69 Å². The molecule has 3 nitrogen and oxygen atoms in total. The molecule has 0 bridgehead atoms. The fourth-order valence-electron chi connectivity index (χ4n) is 1.91. The SMILES string of the molecule is O=c1cccc(C(F)(F)F)n1CCNc1ccccc1F. The van der Waals surface area contributed by atoms with Gasteiger partial charge in [-0.05, 0) is 18.2 Å². The van der Waals surface area contributed by atoms with Crippen molar-refractivity contribution in [1.29, 1.82) is 0 Å². The zero-order valence-corrected chi connectivity index (χ0v) is 10.8. The van der Waals surface area contributed by atoms with Gasteiger partial charge >= 0.3 is 6.18 Å². The van der Waals surface area contributed by atoms with Crippen LogP contribution in [-0.4, -0.2) is 11.1 Å². The maximum absolute atomic E-state index is 13.4. The van der Waals surface area contributed by atoms with Crippen molar-refractivity contribution in [3.05, 3.63) is 64.3 Å². The van der Waals surface area contributed by atoms with E-state index in [1.807, 2.05) is 0 Å². The monoisotopic (exact) mass is 300 g/mol. The van der Waals surface area contributed by atoms with Crippen LogP contribution in [0.2, 0.25) is 0 Å². The van der Waals surface area contributed by atoms with Crippen molar-refractivity contribution >= 4 is 5.69 Å². The molecule has 21 heavy (non-hydrogen) atoms. The highest BCUT2D eigenvalue weighted by Crippen LogP contribution is 2.28. The number of hydrogen-bond acceptors (Lipinski definition) is 2. The number of benzene rings is 1. The Balaban J connectivity index is 2.14. The third-order valence-electron chi connectivity index (χ3n) is 2.86. The number of para-hydroxylation sites is 1. The molecule has 0 saturated heterocycles. The molecule has 7 heteroatoms. The summed E-state index contributed by atoms with van der Waals surface area (Å²) in [6.45, 7) is -0.225. The molecule has 1 N–H and O–H groups in total. The van der Waals surface area contributed by atoms with Crippen LogP contribution in [0.15, 0.2) is 47.3 Å². The molecule has 0 spiro atoms. The van der Waals surface area contributed by atoms with Crippen molar-refractivity contribution in [3.8, 4) is 0 Å². The minimum Gasteiger partial charge on any atom is -0.381 e. The molecule has 0 saturated carbocycles. The van der Waals surface area contributed by atoms with E-state index in [-0.39, 0.29) is 18.8 Å². The molecule has 0 radical (unpaired) electrons. The number of aromatic nitrogens is 1. The van der Waals surface area contributed by atoms with Gasteiger partial charge in [0.15, 0.2) is 0 Å². The van der Waals surface area contributed by atoms with Gasteiger partial charge in [-0.25, -0.2) is 4.39 Å². The number of nitrogens with one attached hydrogen (secondary N) is 1. The molecule has 1 aromatic carbocycles. The predicted molar refractivity (Wildman–Crippen MR) is 70.6 cm³/mol. The van der Waals surface area contributed by atoms with Gasteiger partial charge < -0.3 is 9.88 Å². The molecular formula is C14H12F4N2O. The lowest BCUT2D eigenvalue weighted by Crippen LogP contribution is -2.29. The summed E-state index contributed by atoms with van der Waals surface area (Å²) in [4.78, 5) is 11.6. The molecule has 2 aromatic rings. The Labute approximate surface area is 117 Å². The van der Waals surface area contributed by atoms with E-state index in [4.69, 9.17) is 0 Å². The molecule has 0 amide bonds. The quantitative estimate of drug-likeness (QED) is 0.880. The van der Waals surface area contributed by atoms with Gasteiger partial charge in [0.1, 0.15) is 11.5 Å². The molecule has 112 valence electrons. The molecule has 0 unspecified atom stereocenters. The standard InChI is InChI=1S/C14H12F4N2O/c15-10-4-1-2-5-11(10)19-8-9-20-12(14(16,17)18)6-3-7-13(20)21/h1-7,19H,8-9H2. The van der Waals surface area contributed by atoms with Crippen molar-refractivity contribution in [2.24, 2.45) is 0 Å². The van der Waals surface area contributed by atoms with E-state index in [1.54, 1.807) is 6.07 Å². The maximum atomic E-state index is 13.4. The summed E-state index contributed by atoms with van der Waals surface area (Å²) >= 11 is 0. The molecule has 0 atom stereocenters. The van der Waals surface area contributed by atoms with Gasteiger partial charge in [0.2, 0.25) is 0 Å².